The highest BCUT2D eigenvalue weighted by Crippen LogP contribution is 2.10. The molecule has 0 saturated heterocycles. The number of thiophene rings is 1. The van der Waals surface area contributed by atoms with E-state index in [1.54, 1.807) is 6.08 Å². The Bertz CT molecular complexity index is 482. The molecule has 1 aromatic rings. The van der Waals surface area contributed by atoms with E-state index in [9.17, 15) is 14.4 Å². The minimum absolute atomic E-state index is 0.0246. The quantitative estimate of drug-likeness (QED) is 0.636. The molecule has 0 aliphatic rings. The number of carbonyl (C=O) groups excluding carboxylic acids is 2. The molecule has 4 N–H and O–H groups in total. The van der Waals surface area contributed by atoms with Gasteiger partial charge in [-0.3, -0.25) is 9.59 Å². The van der Waals surface area contributed by atoms with E-state index < -0.39 is 23.8 Å². The lowest BCUT2D eigenvalue weighted by molar-refractivity contribution is -0.141. The van der Waals surface area contributed by atoms with Crippen LogP contribution in [0.2, 0.25) is 0 Å². The van der Waals surface area contributed by atoms with E-state index in [4.69, 9.17) is 10.8 Å². The monoisotopic (exact) mass is 282 g/mol. The second-order valence-corrected chi connectivity index (χ2v) is 4.73. The number of carboxylic acid groups (broad SMARTS) is 1. The van der Waals surface area contributed by atoms with Gasteiger partial charge in [0.2, 0.25) is 11.8 Å². The van der Waals surface area contributed by atoms with Crippen LogP contribution in [-0.2, 0) is 14.4 Å². The second kappa shape index (κ2) is 7.32. The number of rotatable bonds is 7. The molecule has 1 rings (SSSR count). The van der Waals surface area contributed by atoms with Gasteiger partial charge in [0.25, 0.3) is 0 Å². The smallest absolute Gasteiger partial charge is 0.326 e. The standard InChI is InChI=1S/C12H14N2O4S/c13-10(15)5-4-9(12(17)18)14-11(16)6-3-8-2-1-7-19-8/h1-3,6-7,9H,4-5H2,(H2,13,15)(H,14,16)(H,17,18)/b6-3+/t9-/m1/s1. The molecule has 0 bridgehead atoms. The summed E-state index contributed by atoms with van der Waals surface area (Å²) >= 11 is 1.46. The van der Waals surface area contributed by atoms with Gasteiger partial charge in [0.1, 0.15) is 6.04 Å². The summed E-state index contributed by atoms with van der Waals surface area (Å²) < 4.78 is 0. The van der Waals surface area contributed by atoms with Crippen LogP contribution in [0.4, 0.5) is 0 Å². The van der Waals surface area contributed by atoms with Crippen molar-refractivity contribution in [3.8, 4) is 0 Å². The molecule has 1 atom stereocenters. The minimum Gasteiger partial charge on any atom is -0.480 e. The van der Waals surface area contributed by atoms with Crippen LogP contribution < -0.4 is 11.1 Å². The maximum atomic E-state index is 11.5. The van der Waals surface area contributed by atoms with E-state index in [0.29, 0.717) is 0 Å². The first kappa shape index (κ1) is 14.9. The fourth-order valence-electron chi connectivity index (χ4n) is 1.31. The van der Waals surface area contributed by atoms with E-state index in [-0.39, 0.29) is 12.8 Å². The average Bonchev–Trinajstić information content (AvgIpc) is 2.84. The molecular weight excluding hydrogens is 268 g/mol. The number of carbonyl (C=O) groups is 3. The summed E-state index contributed by atoms with van der Waals surface area (Å²) in [6.45, 7) is 0. The van der Waals surface area contributed by atoms with Crippen LogP contribution in [0.25, 0.3) is 6.08 Å². The van der Waals surface area contributed by atoms with Gasteiger partial charge in [0, 0.05) is 17.4 Å². The Kier molecular flexibility index (Phi) is 5.74. The minimum atomic E-state index is -1.20. The molecule has 102 valence electrons. The van der Waals surface area contributed by atoms with Gasteiger partial charge >= 0.3 is 5.97 Å². The Morgan fingerprint density at radius 3 is 2.74 bits per heavy atom. The van der Waals surface area contributed by atoms with Gasteiger partial charge in [0.05, 0.1) is 0 Å². The lowest BCUT2D eigenvalue weighted by Gasteiger charge is -2.11. The molecular formula is C12H14N2O4S. The summed E-state index contributed by atoms with van der Waals surface area (Å²) in [7, 11) is 0. The third-order valence-electron chi connectivity index (χ3n) is 2.24. The first-order valence-corrected chi connectivity index (χ1v) is 6.40. The van der Waals surface area contributed by atoms with Gasteiger partial charge in [-0.1, -0.05) is 6.07 Å². The lowest BCUT2D eigenvalue weighted by Crippen LogP contribution is -2.40. The van der Waals surface area contributed by atoms with Crippen molar-refractivity contribution in [1.29, 1.82) is 0 Å². The number of hydrogen-bond acceptors (Lipinski definition) is 4. The number of nitrogens with two attached hydrogens (primary N) is 1. The topological polar surface area (TPSA) is 109 Å². The fraction of sp³-hybridized carbons (Fsp3) is 0.250. The van der Waals surface area contributed by atoms with Crippen molar-refractivity contribution in [3.63, 3.8) is 0 Å². The molecule has 19 heavy (non-hydrogen) atoms. The SMILES string of the molecule is NC(=O)CC[C@@H](NC(=O)/C=C/c1cccs1)C(=O)O. The first-order chi connectivity index (χ1) is 8.99. The van der Waals surface area contributed by atoms with Crippen molar-refractivity contribution >= 4 is 35.2 Å². The maximum Gasteiger partial charge on any atom is 0.326 e. The van der Waals surface area contributed by atoms with Gasteiger partial charge in [-0.15, -0.1) is 11.3 Å². The van der Waals surface area contributed by atoms with Crippen molar-refractivity contribution in [3.05, 3.63) is 28.5 Å². The Balaban J connectivity index is 2.51. The van der Waals surface area contributed by atoms with Crippen LogP contribution in [0.15, 0.2) is 23.6 Å². The number of carboxylic acids is 1. The fourth-order valence-corrected chi connectivity index (χ4v) is 1.93. The summed E-state index contributed by atoms with van der Waals surface area (Å²) in [5, 5.41) is 13.1. The third-order valence-corrected chi connectivity index (χ3v) is 3.07. The van der Waals surface area contributed by atoms with Crippen LogP contribution in [0.5, 0.6) is 0 Å². The second-order valence-electron chi connectivity index (χ2n) is 3.75. The lowest BCUT2D eigenvalue weighted by atomic mass is 10.1. The van der Waals surface area contributed by atoms with Gasteiger partial charge in [-0.2, -0.15) is 0 Å². The van der Waals surface area contributed by atoms with Crippen LogP contribution in [-0.4, -0.2) is 28.9 Å². The largest absolute Gasteiger partial charge is 0.480 e. The van der Waals surface area contributed by atoms with Gasteiger partial charge in [-0.25, -0.2) is 4.79 Å². The first-order valence-electron chi connectivity index (χ1n) is 5.52. The highest BCUT2D eigenvalue weighted by atomic mass is 32.1. The zero-order chi connectivity index (χ0) is 14.3. The molecule has 0 unspecified atom stereocenters. The van der Waals surface area contributed by atoms with Crippen molar-refractivity contribution < 1.29 is 19.5 Å². The Hall–Kier alpha value is -2.15. The molecule has 0 radical (unpaired) electrons. The molecule has 7 heteroatoms. The maximum absolute atomic E-state index is 11.5. The van der Waals surface area contributed by atoms with E-state index in [1.807, 2.05) is 17.5 Å². The summed E-state index contributed by atoms with van der Waals surface area (Å²) in [5.41, 5.74) is 4.94. The molecule has 6 nitrogen and oxygen atoms in total. The van der Waals surface area contributed by atoms with Crippen LogP contribution in [0.1, 0.15) is 17.7 Å². The predicted molar refractivity (Wildman–Crippen MR) is 71.3 cm³/mol. The highest BCUT2D eigenvalue weighted by Gasteiger charge is 2.19. The summed E-state index contributed by atoms with van der Waals surface area (Å²) in [4.78, 5) is 33.9. The van der Waals surface area contributed by atoms with E-state index >= 15 is 0 Å². The molecule has 0 saturated carbocycles. The zero-order valence-corrected chi connectivity index (χ0v) is 10.9. The highest BCUT2D eigenvalue weighted by molar-refractivity contribution is 7.10. The van der Waals surface area contributed by atoms with Crippen molar-refractivity contribution in [1.82, 2.24) is 5.32 Å². The molecule has 0 aliphatic heterocycles. The number of primary amides is 1. The number of amides is 2. The Morgan fingerprint density at radius 2 is 2.21 bits per heavy atom. The number of nitrogens with one attached hydrogen (secondary N) is 1. The Labute approximate surface area is 113 Å². The number of hydrogen-bond donors (Lipinski definition) is 3. The summed E-state index contributed by atoms with van der Waals surface area (Å²) in [5.74, 6) is -2.32. The van der Waals surface area contributed by atoms with Crippen LogP contribution >= 0.6 is 11.3 Å². The predicted octanol–water partition coefficient (Wildman–Crippen LogP) is 0.596. The van der Waals surface area contributed by atoms with Gasteiger partial charge in [-0.05, 0) is 23.9 Å². The van der Waals surface area contributed by atoms with Crippen molar-refractivity contribution in [2.24, 2.45) is 5.73 Å². The van der Waals surface area contributed by atoms with Gasteiger partial charge in [0.15, 0.2) is 0 Å². The van der Waals surface area contributed by atoms with Crippen LogP contribution in [0, 0.1) is 0 Å². The molecule has 2 amide bonds. The average molecular weight is 282 g/mol. The third kappa shape index (κ3) is 5.82. The zero-order valence-electron chi connectivity index (χ0n) is 10.0. The molecule has 0 fully saturated rings. The Morgan fingerprint density at radius 1 is 1.47 bits per heavy atom. The molecule has 0 aliphatic carbocycles. The van der Waals surface area contributed by atoms with Crippen molar-refractivity contribution in [2.45, 2.75) is 18.9 Å². The molecule has 0 aromatic carbocycles. The van der Waals surface area contributed by atoms with E-state index in [2.05, 4.69) is 5.32 Å². The molecule has 0 spiro atoms. The normalized spacial score (nSPS) is 12.2. The summed E-state index contributed by atoms with van der Waals surface area (Å²) in [6, 6.07) is 2.55. The number of aliphatic carboxylic acids is 1. The van der Waals surface area contributed by atoms with Crippen LogP contribution in [0.3, 0.4) is 0 Å². The molecule has 1 aromatic heterocycles. The summed E-state index contributed by atoms with van der Waals surface area (Å²) in [6.07, 6.45) is 2.73. The van der Waals surface area contributed by atoms with Gasteiger partial charge < -0.3 is 16.2 Å². The molecule has 1 heterocycles. The van der Waals surface area contributed by atoms with Crippen molar-refractivity contribution in [2.75, 3.05) is 0 Å². The van der Waals surface area contributed by atoms with E-state index in [1.165, 1.54) is 17.4 Å². The van der Waals surface area contributed by atoms with E-state index in [0.717, 1.165) is 4.88 Å².